The molecule has 3 atom stereocenters. The molecule has 2 saturated heterocycles. The van der Waals surface area contributed by atoms with Gasteiger partial charge in [0.15, 0.2) is 0 Å². The van der Waals surface area contributed by atoms with Gasteiger partial charge in [0.2, 0.25) is 11.8 Å². The second kappa shape index (κ2) is 10.0. The Hall–Kier alpha value is -1.10. The van der Waals surface area contributed by atoms with E-state index >= 15 is 0 Å². The summed E-state index contributed by atoms with van der Waals surface area (Å²) in [4.78, 5) is 29.1. The molecule has 2 aliphatic carbocycles. The first kappa shape index (κ1) is 24.0. The average Bonchev–Trinajstić information content (AvgIpc) is 3.26. The third-order valence-electron chi connectivity index (χ3n) is 9.44. The van der Waals surface area contributed by atoms with E-state index in [2.05, 4.69) is 29.4 Å². The average molecular weight is 446 g/mol. The number of hydrogen-bond donors (Lipinski definition) is 2. The number of amides is 2. The van der Waals surface area contributed by atoms with Crippen LogP contribution in [0.15, 0.2) is 0 Å². The summed E-state index contributed by atoms with van der Waals surface area (Å²) in [5.74, 6) is 2.07. The Bertz CT molecular complexity index is 654. The molecule has 5 heteroatoms. The van der Waals surface area contributed by atoms with E-state index in [1.807, 2.05) is 13.8 Å². The molecule has 2 N–H and O–H groups in total. The summed E-state index contributed by atoms with van der Waals surface area (Å²) in [5, 5.41) is 6.82. The Morgan fingerprint density at radius 2 is 1.50 bits per heavy atom. The van der Waals surface area contributed by atoms with Crippen molar-refractivity contribution in [3.8, 4) is 0 Å². The van der Waals surface area contributed by atoms with Crippen LogP contribution in [0.25, 0.3) is 0 Å². The minimum absolute atomic E-state index is 0.0300. The van der Waals surface area contributed by atoms with Crippen molar-refractivity contribution >= 4 is 11.8 Å². The lowest BCUT2D eigenvalue weighted by Crippen LogP contribution is -2.63. The number of hydrogen-bond acceptors (Lipinski definition) is 3. The number of rotatable bonds is 7. The molecule has 3 unspecified atom stereocenters. The summed E-state index contributed by atoms with van der Waals surface area (Å²) in [6, 6.07) is 0.862. The summed E-state index contributed by atoms with van der Waals surface area (Å²) >= 11 is 0. The van der Waals surface area contributed by atoms with Gasteiger partial charge in [-0.2, -0.15) is 0 Å². The zero-order valence-electron chi connectivity index (χ0n) is 21.0. The SMILES string of the molecule is CC(C)NC(=O)CN1C2CCC1(C(NC(=O)C1C(C)CCCC1C)C1CCCCC1)CC2. The van der Waals surface area contributed by atoms with E-state index in [9.17, 15) is 9.59 Å². The predicted octanol–water partition coefficient (Wildman–Crippen LogP) is 4.65. The van der Waals surface area contributed by atoms with Gasteiger partial charge in [-0.15, -0.1) is 0 Å². The van der Waals surface area contributed by atoms with E-state index in [0.29, 0.717) is 36.2 Å². The van der Waals surface area contributed by atoms with Crippen LogP contribution < -0.4 is 10.6 Å². The molecule has 4 aliphatic rings. The molecule has 0 aromatic heterocycles. The number of fused-ring (bicyclic) bond motifs is 2. The molecule has 2 amide bonds. The van der Waals surface area contributed by atoms with Crippen LogP contribution in [0.3, 0.4) is 0 Å². The summed E-state index contributed by atoms with van der Waals surface area (Å²) in [6.45, 7) is 9.10. The van der Waals surface area contributed by atoms with Crippen LogP contribution >= 0.6 is 0 Å². The van der Waals surface area contributed by atoms with Gasteiger partial charge in [-0.3, -0.25) is 14.5 Å². The van der Waals surface area contributed by atoms with Crippen molar-refractivity contribution in [1.82, 2.24) is 15.5 Å². The highest BCUT2D eigenvalue weighted by Crippen LogP contribution is 2.51. The van der Waals surface area contributed by atoms with Crippen molar-refractivity contribution in [2.24, 2.45) is 23.7 Å². The van der Waals surface area contributed by atoms with Crippen LogP contribution in [0.5, 0.6) is 0 Å². The van der Waals surface area contributed by atoms with Gasteiger partial charge < -0.3 is 10.6 Å². The lowest BCUT2D eigenvalue weighted by atomic mass is 9.70. The summed E-state index contributed by atoms with van der Waals surface area (Å²) in [5.41, 5.74) is -0.0300. The fourth-order valence-corrected chi connectivity index (χ4v) is 7.97. The van der Waals surface area contributed by atoms with E-state index in [0.717, 1.165) is 12.8 Å². The second-order valence-electron chi connectivity index (χ2n) is 12.0. The zero-order chi connectivity index (χ0) is 22.9. The molecule has 4 fully saturated rings. The van der Waals surface area contributed by atoms with Gasteiger partial charge in [-0.25, -0.2) is 0 Å². The Morgan fingerprint density at radius 1 is 0.875 bits per heavy atom. The lowest BCUT2D eigenvalue weighted by molar-refractivity contribution is -0.132. The van der Waals surface area contributed by atoms with Crippen LogP contribution in [0.1, 0.15) is 105 Å². The quantitative estimate of drug-likeness (QED) is 0.600. The summed E-state index contributed by atoms with van der Waals surface area (Å²) in [7, 11) is 0. The van der Waals surface area contributed by atoms with Crippen molar-refractivity contribution in [2.45, 2.75) is 128 Å². The van der Waals surface area contributed by atoms with Crippen molar-refractivity contribution in [3.05, 3.63) is 0 Å². The van der Waals surface area contributed by atoms with Gasteiger partial charge in [-0.1, -0.05) is 39.5 Å². The van der Waals surface area contributed by atoms with Crippen molar-refractivity contribution < 1.29 is 9.59 Å². The van der Waals surface area contributed by atoms with Crippen LogP contribution in [0, 0.1) is 23.7 Å². The van der Waals surface area contributed by atoms with Crippen LogP contribution in [0.2, 0.25) is 0 Å². The lowest BCUT2D eigenvalue weighted by Gasteiger charge is -2.47. The number of carbonyl (C=O) groups excluding carboxylic acids is 2. The van der Waals surface area contributed by atoms with E-state index in [4.69, 9.17) is 0 Å². The minimum atomic E-state index is -0.0300. The molecule has 0 aromatic rings. The normalized spacial score (nSPS) is 36.9. The van der Waals surface area contributed by atoms with Gasteiger partial charge in [-0.05, 0) is 83.0 Å². The van der Waals surface area contributed by atoms with E-state index in [-0.39, 0.29) is 29.4 Å². The topological polar surface area (TPSA) is 61.4 Å². The number of nitrogens with zero attached hydrogens (tertiary/aromatic N) is 1. The molecule has 0 aromatic carbocycles. The number of nitrogens with one attached hydrogen (secondary N) is 2. The highest BCUT2D eigenvalue weighted by molar-refractivity contribution is 5.80. The van der Waals surface area contributed by atoms with Gasteiger partial charge in [0.1, 0.15) is 0 Å². The molecule has 4 rings (SSSR count). The monoisotopic (exact) mass is 445 g/mol. The molecule has 182 valence electrons. The first-order chi connectivity index (χ1) is 15.3. The first-order valence-electron chi connectivity index (χ1n) is 13.7. The molecular weight excluding hydrogens is 398 g/mol. The van der Waals surface area contributed by atoms with E-state index < -0.39 is 0 Å². The molecule has 5 nitrogen and oxygen atoms in total. The van der Waals surface area contributed by atoms with Gasteiger partial charge in [0, 0.05) is 23.5 Å². The first-order valence-corrected chi connectivity index (χ1v) is 13.7. The highest BCUT2D eigenvalue weighted by atomic mass is 16.2. The Balaban J connectivity index is 1.58. The maximum atomic E-state index is 13.8. The zero-order valence-corrected chi connectivity index (χ0v) is 21.0. The summed E-state index contributed by atoms with van der Waals surface area (Å²) in [6.07, 6.45) is 14.5. The van der Waals surface area contributed by atoms with E-state index in [1.165, 1.54) is 64.2 Å². The van der Waals surface area contributed by atoms with Crippen LogP contribution in [-0.2, 0) is 9.59 Å². The third kappa shape index (κ3) is 4.74. The largest absolute Gasteiger partial charge is 0.353 e. The Labute approximate surface area is 195 Å². The molecule has 32 heavy (non-hydrogen) atoms. The third-order valence-corrected chi connectivity index (χ3v) is 9.44. The molecule has 0 spiro atoms. The molecule has 2 bridgehead atoms. The Morgan fingerprint density at radius 3 is 2.09 bits per heavy atom. The number of carbonyl (C=O) groups is 2. The van der Waals surface area contributed by atoms with Crippen molar-refractivity contribution in [3.63, 3.8) is 0 Å². The van der Waals surface area contributed by atoms with Gasteiger partial charge in [0.25, 0.3) is 0 Å². The highest BCUT2D eigenvalue weighted by Gasteiger charge is 2.58. The maximum absolute atomic E-state index is 13.8. The minimum Gasteiger partial charge on any atom is -0.353 e. The summed E-state index contributed by atoms with van der Waals surface area (Å²) < 4.78 is 0. The molecule has 2 heterocycles. The molecule has 2 saturated carbocycles. The van der Waals surface area contributed by atoms with Gasteiger partial charge in [0.05, 0.1) is 12.6 Å². The van der Waals surface area contributed by atoms with E-state index in [1.54, 1.807) is 0 Å². The second-order valence-corrected chi connectivity index (χ2v) is 12.0. The van der Waals surface area contributed by atoms with Crippen LogP contribution in [0.4, 0.5) is 0 Å². The van der Waals surface area contributed by atoms with Gasteiger partial charge >= 0.3 is 0 Å². The molecule has 0 radical (unpaired) electrons. The standard InChI is InChI=1S/C27H47N3O2/c1-18(2)28-23(31)17-30-22-13-15-27(30,16-14-22)25(21-11-6-5-7-12-21)29-26(32)24-19(3)9-8-10-20(24)4/h18-22,24-25H,5-17H2,1-4H3,(H,28,31)(H,29,32). The Kier molecular flexibility index (Phi) is 7.53. The fraction of sp³-hybridized carbons (Fsp3) is 0.926. The van der Waals surface area contributed by atoms with Crippen molar-refractivity contribution in [1.29, 1.82) is 0 Å². The smallest absolute Gasteiger partial charge is 0.234 e. The van der Waals surface area contributed by atoms with Crippen molar-refractivity contribution in [2.75, 3.05) is 6.54 Å². The maximum Gasteiger partial charge on any atom is 0.234 e. The predicted molar refractivity (Wildman–Crippen MR) is 129 cm³/mol. The van der Waals surface area contributed by atoms with Crippen LogP contribution in [-0.4, -0.2) is 46.9 Å². The molecular formula is C27H47N3O2. The molecule has 2 aliphatic heterocycles. The fourth-order valence-electron chi connectivity index (χ4n) is 7.97.